The van der Waals surface area contributed by atoms with E-state index >= 15 is 0 Å². The molecule has 19 nitrogen and oxygen atoms in total. The van der Waals surface area contributed by atoms with E-state index in [1.165, 1.54) is 77.6 Å². The SMILES string of the molecule is C[C@@H](CC(=O)O)C(=O)N[C@@H](CCC(=O)NCCCOCCOCCOCCCNC(=O)CC[C@H](NOCCCCCCCCCCCCCCCCCCCC(=O)O)C(=O)O)C(=O)O. The number of ether oxygens (including phenoxy) is 3. The minimum atomic E-state index is -1.31. The lowest BCUT2D eigenvalue weighted by atomic mass is 10.0. The Balaban J connectivity index is 3.62. The molecule has 372 valence electrons. The molecule has 0 aliphatic carbocycles. The molecule has 0 heterocycles. The topological polar surface area (TPSA) is 285 Å². The second-order valence-corrected chi connectivity index (χ2v) is 16.2. The third-order valence-electron chi connectivity index (χ3n) is 10.3. The maximum atomic E-state index is 12.2. The van der Waals surface area contributed by atoms with Crippen LogP contribution in [-0.2, 0) is 52.6 Å². The van der Waals surface area contributed by atoms with Gasteiger partial charge in [0.1, 0.15) is 12.1 Å². The Bertz CT molecular complexity index is 1260. The van der Waals surface area contributed by atoms with E-state index in [2.05, 4.69) is 21.4 Å². The average molecular weight is 919 g/mol. The molecule has 0 fully saturated rings. The Hall–Kier alpha value is -3.91. The van der Waals surface area contributed by atoms with E-state index in [-0.39, 0.29) is 37.5 Å². The Labute approximate surface area is 380 Å². The lowest BCUT2D eigenvalue weighted by molar-refractivity contribution is -0.145. The van der Waals surface area contributed by atoms with Crippen LogP contribution in [-0.4, -0.2) is 133 Å². The highest BCUT2D eigenvalue weighted by Crippen LogP contribution is 2.14. The van der Waals surface area contributed by atoms with E-state index in [1.807, 2.05) is 0 Å². The molecule has 0 unspecified atom stereocenters. The number of carboxylic acids is 4. The van der Waals surface area contributed by atoms with Gasteiger partial charge in [-0.1, -0.05) is 103 Å². The number of unbranched alkanes of at least 4 members (excludes halogenated alkanes) is 16. The summed E-state index contributed by atoms with van der Waals surface area (Å²) in [6.07, 6.45) is 20.7. The number of carbonyl (C=O) groups excluding carboxylic acids is 3. The standard InChI is InChI=1S/C45H82N4O15/c1-36(35-42(54)55)43(56)48-37(44(57)58)22-24-39(50)46-26-19-28-61-31-33-63-34-32-62-29-20-27-47-40(51)25-23-38(45(59)60)49-64-30-18-16-14-12-10-8-6-4-2-3-5-7-9-11-13-15-17-21-41(52)53/h36-38,49H,2-35H2,1H3,(H,46,50)(H,47,51)(H,48,56)(H,52,53)(H,54,55)(H,57,58)(H,59,60)/t36-,37-,38-/m0/s1. The third kappa shape index (κ3) is 40.8. The van der Waals surface area contributed by atoms with Crippen molar-refractivity contribution < 1.29 is 73.0 Å². The van der Waals surface area contributed by atoms with Crippen LogP contribution in [0.15, 0.2) is 0 Å². The summed E-state index contributed by atoms with van der Waals surface area (Å²) in [6.45, 7) is 4.71. The van der Waals surface area contributed by atoms with Gasteiger partial charge in [0.25, 0.3) is 0 Å². The van der Waals surface area contributed by atoms with E-state index in [1.54, 1.807) is 0 Å². The summed E-state index contributed by atoms with van der Waals surface area (Å²) < 4.78 is 16.4. The Kier molecular flexibility index (Phi) is 40.4. The monoisotopic (exact) mass is 919 g/mol. The van der Waals surface area contributed by atoms with Gasteiger partial charge in [0, 0.05) is 51.5 Å². The number of hydrogen-bond acceptors (Lipinski definition) is 12. The Morgan fingerprint density at radius 3 is 1.23 bits per heavy atom. The lowest BCUT2D eigenvalue weighted by Gasteiger charge is -2.17. The number of aliphatic carboxylic acids is 4. The smallest absolute Gasteiger partial charge is 0.326 e. The minimum Gasteiger partial charge on any atom is -0.481 e. The van der Waals surface area contributed by atoms with Crippen molar-refractivity contribution in [1.82, 2.24) is 21.4 Å². The quantitative estimate of drug-likeness (QED) is 0.0281. The van der Waals surface area contributed by atoms with Gasteiger partial charge in [0.05, 0.1) is 39.5 Å². The second-order valence-electron chi connectivity index (χ2n) is 16.2. The molecule has 0 aliphatic heterocycles. The molecule has 0 bridgehead atoms. The molecule has 0 saturated carbocycles. The average Bonchev–Trinajstić information content (AvgIpc) is 3.24. The summed E-state index contributed by atoms with van der Waals surface area (Å²) in [4.78, 5) is 86.0. The van der Waals surface area contributed by atoms with Gasteiger partial charge in [-0.15, -0.1) is 0 Å². The van der Waals surface area contributed by atoms with Crippen LogP contribution in [0.1, 0.15) is 167 Å². The van der Waals surface area contributed by atoms with Crippen molar-refractivity contribution in [3.63, 3.8) is 0 Å². The Morgan fingerprint density at radius 2 is 0.828 bits per heavy atom. The van der Waals surface area contributed by atoms with Crippen molar-refractivity contribution in [2.24, 2.45) is 5.92 Å². The fourth-order valence-electron chi connectivity index (χ4n) is 6.49. The maximum absolute atomic E-state index is 12.2. The molecule has 0 radical (unpaired) electrons. The van der Waals surface area contributed by atoms with Crippen LogP contribution in [0.4, 0.5) is 0 Å². The molecular weight excluding hydrogens is 837 g/mol. The number of nitrogens with one attached hydrogen (secondary N) is 4. The first-order valence-electron chi connectivity index (χ1n) is 23.7. The first-order chi connectivity index (χ1) is 30.8. The summed E-state index contributed by atoms with van der Waals surface area (Å²) in [7, 11) is 0. The van der Waals surface area contributed by atoms with Gasteiger partial charge in [-0.05, 0) is 38.5 Å². The van der Waals surface area contributed by atoms with Crippen LogP contribution >= 0.6 is 0 Å². The van der Waals surface area contributed by atoms with Gasteiger partial charge in [-0.25, -0.2) is 4.79 Å². The highest BCUT2D eigenvalue weighted by Gasteiger charge is 2.25. The first-order valence-corrected chi connectivity index (χ1v) is 23.7. The summed E-state index contributed by atoms with van der Waals surface area (Å²) in [5, 5.41) is 44.0. The third-order valence-corrected chi connectivity index (χ3v) is 10.3. The van der Waals surface area contributed by atoms with Crippen LogP contribution in [0.5, 0.6) is 0 Å². The van der Waals surface area contributed by atoms with Gasteiger partial charge in [0.15, 0.2) is 0 Å². The van der Waals surface area contributed by atoms with E-state index in [4.69, 9.17) is 29.3 Å². The number of rotatable bonds is 48. The number of carboxylic acid groups (broad SMARTS) is 4. The molecule has 0 spiro atoms. The fraction of sp³-hybridized carbons (Fsp3) is 0.844. The van der Waals surface area contributed by atoms with E-state index in [0.717, 1.165) is 38.5 Å². The number of hydroxylamine groups is 1. The molecule has 3 atom stereocenters. The van der Waals surface area contributed by atoms with Crippen LogP contribution in [0.2, 0.25) is 0 Å². The van der Waals surface area contributed by atoms with Crippen molar-refractivity contribution in [2.75, 3.05) is 59.3 Å². The van der Waals surface area contributed by atoms with Gasteiger partial charge in [-0.3, -0.25) is 28.8 Å². The van der Waals surface area contributed by atoms with E-state index < -0.39 is 54.2 Å². The Morgan fingerprint density at radius 1 is 0.438 bits per heavy atom. The number of carbonyl (C=O) groups is 7. The number of hydrogen-bond donors (Lipinski definition) is 8. The molecule has 0 aromatic carbocycles. The molecule has 0 aliphatic rings. The largest absolute Gasteiger partial charge is 0.481 e. The predicted molar refractivity (Wildman–Crippen MR) is 238 cm³/mol. The van der Waals surface area contributed by atoms with Crippen molar-refractivity contribution in [3.8, 4) is 0 Å². The van der Waals surface area contributed by atoms with Crippen LogP contribution in [0.3, 0.4) is 0 Å². The molecule has 19 heteroatoms. The summed E-state index contributed by atoms with van der Waals surface area (Å²) in [6, 6.07) is -2.28. The van der Waals surface area contributed by atoms with Gasteiger partial charge < -0.3 is 55.4 Å². The minimum absolute atomic E-state index is 0.0495. The van der Waals surface area contributed by atoms with Crippen molar-refractivity contribution in [1.29, 1.82) is 0 Å². The molecule has 0 aromatic rings. The predicted octanol–water partition coefficient (Wildman–Crippen LogP) is 5.37. The van der Waals surface area contributed by atoms with Crippen molar-refractivity contribution in [3.05, 3.63) is 0 Å². The molecule has 0 rings (SSSR count). The fourth-order valence-corrected chi connectivity index (χ4v) is 6.49. The highest BCUT2D eigenvalue weighted by atomic mass is 16.6. The first kappa shape index (κ1) is 60.1. The van der Waals surface area contributed by atoms with Crippen molar-refractivity contribution >= 4 is 41.6 Å². The van der Waals surface area contributed by atoms with Crippen LogP contribution in [0, 0.1) is 5.92 Å². The van der Waals surface area contributed by atoms with Crippen LogP contribution < -0.4 is 21.4 Å². The highest BCUT2D eigenvalue weighted by molar-refractivity contribution is 5.87. The molecule has 0 saturated heterocycles. The molecule has 0 aromatic heterocycles. The van der Waals surface area contributed by atoms with E-state index in [0.29, 0.717) is 78.6 Å². The van der Waals surface area contributed by atoms with Crippen molar-refractivity contribution in [2.45, 2.75) is 180 Å². The molecule has 8 N–H and O–H groups in total. The summed E-state index contributed by atoms with van der Waals surface area (Å²) in [5.74, 6) is -6.49. The molecule has 64 heavy (non-hydrogen) atoms. The van der Waals surface area contributed by atoms with E-state index in [9.17, 15) is 43.8 Å². The second kappa shape index (κ2) is 43.0. The zero-order chi connectivity index (χ0) is 47.5. The van der Waals surface area contributed by atoms with Gasteiger partial charge >= 0.3 is 23.9 Å². The van der Waals surface area contributed by atoms with Crippen LogP contribution in [0.25, 0.3) is 0 Å². The number of amides is 3. The van der Waals surface area contributed by atoms with Gasteiger partial charge in [0.2, 0.25) is 17.7 Å². The maximum Gasteiger partial charge on any atom is 0.326 e. The molecule has 3 amide bonds. The summed E-state index contributed by atoms with van der Waals surface area (Å²) in [5.41, 5.74) is 2.59. The summed E-state index contributed by atoms with van der Waals surface area (Å²) >= 11 is 0. The van der Waals surface area contributed by atoms with Gasteiger partial charge in [-0.2, -0.15) is 5.48 Å². The lowest BCUT2D eigenvalue weighted by Crippen LogP contribution is -2.44. The molecular formula is C45H82N4O15. The normalized spacial score (nSPS) is 12.6. The zero-order valence-electron chi connectivity index (χ0n) is 38.6. The zero-order valence-corrected chi connectivity index (χ0v) is 38.6.